The van der Waals surface area contributed by atoms with Gasteiger partial charge in [0.15, 0.2) is 5.60 Å². The number of hydrogen-bond acceptors (Lipinski definition) is 6. The molecule has 1 atom stereocenters. The molecule has 0 amide bonds. The number of carboxylic acids is 2. The van der Waals surface area contributed by atoms with Crippen LogP contribution in [0.5, 0.6) is 0 Å². The minimum atomic E-state index is -2.77. The average molecular weight is 248 g/mol. The number of aliphatic carboxylic acids is 2. The maximum absolute atomic E-state index is 10.4. The first kappa shape index (κ1) is 17.4. The van der Waals surface area contributed by atoms with E-state index >= 15 is 0 Å². The molecule has 0 saturated carbocycles. The standard InChI is InChI=1S/C6H8O8.K.H/c7-3(8)1-6(12,5(10)11)2-4(9)14-13;;/h12-13H,1-2H2,(H,7,8)(H,10,11);;/q;+1;-1. The number of rotatable bonds is 5. The molecule has 8 nitrogen and oxygen atoms in total. The summed E-state index contributed by atoms with van der Waals surface area (Å²) in [5, 5.41) is 33.6. The zero-order valence-corrected chi connectivity index (χ0v) is 11.0. The molecule has 82 valence electrons. The summed E-state index contributed by atoms with van der Waals surface area (Å²) in [7, 11) is 0. The number of carbonyl (C=O) groups is 3. The monoisotopic (exact) mass is 248 g/mol. The van der Waals surface area contributed by atoms with E-state index in [4.69, 9.17) is 20.6 Å². The van der Waals surface area contributed by atoms with Gasteiger partial charge in [-0.3, -0.25) is 4.79 Å². The molecule has 0 radical (unpaired) electrons. The van der Waals surface area contributed by atoms with E-state index in [9.17, 15) is 14.4 Å². The number of carbonyl (C=O) groups excluding carboxylic acids is 1. The van der Waals surface area contributed by atoms with E-state index in [2.05, 4.69) is 4.89 Å². The van der Waals surface area contributed by atoms with Gasteiger partial charge in [-0.2, -0.15) is 5.26 Å². The Morgan fingerprint density at radius 2 is 1.67 bits per heavy atom. The Kier molecular flexibility index (Phi) is 8.42. The molecule has 0 aromatic heterocycles. The Labute approximate surface area is 128 Å². The van der Waals surface area contributed by atoms with Crippen LogP contribution in [0.3, 0.4) is 0 Å². The van der Waals surface area contributed by atoms with Crippen LogP contribution in [-0.2, 0) is 19.3 Å². The van der Waals surface area contributed by atoms with Gasteiger partial charge in [0, 0.05) is 0 Å². The van der Waals surface area contributed by atoms with Crippen molar-refractivity contribution in [2.45, 2.75) is 18.4 Å². The second kappa shape index (κ2) is 7.27. The number of hydrogen-bond donors (Lipinski definition) is 4. The Balaban J connectivity index is -0.000000845. The van der Waals surface area contributed by atoms with Gasteiger partial charge in [-0.05, 0) is 0 Å². The van der Waals surface area contributed by atoms with Crippen LogP contribution < -0.4 is 51.4 Å². The van der Waals surface area contributed by atoms with Crippen molar-refractivity contribution in [3.63, 3.8) is 0 Å². The fourth-order valence-corrected chi connectivity index (χ4v) is 0.735. The number of carboxylic acid groups (broad SMARTS) is 2. The topological polar surface area (TPSA) is 141 Å². The van der Waals surface area contributed by atoms with E-state index in [1.54, 1.807) is 0 Å². The summed E-state index contributed by atoms with van der Waals surface area (Å²) in [4.78, 5) is 34.1. The molecule has 0 saturated heterocycles. The second-order valence-corrected chi connectivity index (χ2v) is 2.55. The molecular weight excluding hydrogens is 239 g/mol. The van der Waals surface area contributed by atoms with Crippen molar-refractivity contribution in [3.05, 3.63) is 0 Å². The quantitative estimate of drug-likeness (QED) is 0.218. The molecular formula is C6H9KO8. The molecule has 15 heavy (non-hydrogen) atoms. The maximum Gasteiger partial charge on any atom is 1.00 e. The normalized spacial score (nSPS) is 13.2. The van der Waals surface area contributed by atoms with Gasteiger partial charge in [0.1, 0.15) is 0 Å². The van der Waals surface area contributed by atoms with Crippen molar-refractivity contribution in [2.24, 2.45) is 0 Å². The molecule has 9 heteroatoms. The summed E-state index contributed by atoms with van der Waals surface area (Å²) >= 11 is 0. The van der Waals surface area contributed by atoms with Crippen molar-refractivity contribution >= 4 is 17.9 Å². The molecule has 0 aromatic carbocycles. The summed E-state index contributed by atoms with van der Waals surface area (Å²) in [6.07, 6.45) is -2.32. The van der Waals surface area contributed by atoms with E-state index in [1.165, 1.54) is 0 Å². The van der Waals surface area contributed by atoms with Crippen LogP contribution in [0.4, 0.5) is 0 Å². The Morgan fingerprint density at radius 3 is 1.93 bits per heavy atom. The van der Waals surface area contributed by atoms with Gasteiger partial charge in [-0.15, -0.1) is 0 Å². The molecule has 0 heterocycles. The van der Waals surface area contributed by atoms with Crippen molar-refractivity contribution in [1.29, 1.82) is 0 Å². The molecule has 0 bridgehead atoms. The summed E-state index contributed by atoms with van der Waals surface area (Å²) in [6.45, 7) is 0. The van der Waals surface area contributed by atoms with Crippen molar-refractivity contribution < 1.29 is 92.7 Å². The second-order valence-electron chi connectivity index (χ2n) is 2.55. The predicted molar refractivity (Wildman–Crippen MR) is 39.3 cm³/mol. The van der Waals surface area contributed by atoms with Crippen LogP contribution in [0.1, 0.15) is 14.3 Å². The SMILES string of the molecule is O=C(O)CC(O)(CC(=O)OO)C(=O)O.[H-].[K+]. The minimum Gasteiger partial charge on any atom is -1.00 e. The molecule has 0 aromatic rings. The van der Waals surface area contributed by atoms with E-state index in [-0.39, 0.29) is 52.8 Å². The van der Waals surface area contributed by atoms with Gasteiger partial charge in [0.2, 0.25) is 0 Å². The first-order valence-electron chi connectivity index (χ1n) is 3.33. The smallest absolute Gasteiger partial charge is 1.00 e. The van der Waals surface area contributed by atoms with Crippen LogP contribution in [0, 0.1) is 0 Å². The van der Waals surface area contributed by atoms with Crippen molar-refractivity contribution in [2.75, 3.05) is 0 Å². The van der Waals surface area contributed by atoms with Gasteiger partial charge in [0.25, 0.3) is 0 Å². The summed E-state index contributed by atoms with van der Waals surface area (Å²) in [5.41, 5.74) is -2.77. The summed E-state index contributed by atoms with van der Waals surface area (Å²) in [6, 6.07) is 0. The van der Waals surface area contributed by atoms with Crippen LogP contribution >= 0.6 is 0 Å². The summed E-state index contributed by atoms with van der Waals surface area (Å²) < 4.78 is 0. The average Bonchev–Trinajstić information content (AvgIpc) is 2.02. The molecule has 0 aliphatic heterocycles. The van der Waals surface area contributed by atoms with E-state index in [1.807, 2.05) is 0 Å². The summed E-state index contributed by atoms with van der Waals surface area (Å²) in [5.74, 6) is -4.91. The van der Waals surface area contributed by atoms with Gasteiger partial charge >= 0.3 is 69.3 Å². The first-order valence-corrected chi connectivity index (χ1v) is 3.33. The zero-order valence-electron chi connectivity index (χ0n) is 8.84. The van der Waals surface area contributed by atoms with Crippen LogP contribution in [0.25, 0.3) is 0 Å². The molecule has 0 aliphatic carbocycles. The van der Waals surface area contributed by atoms with Gasteiger partial charge in [-0.25, -0.2) is 9.59 Å². The fourth-order valence-electron chi connectivity index (χ4n) is 0.735. The van der Waals surface area contributed by atoms with Crippen molar-refractivity contribution in [3.8, 4) is 0 Å². The predicted octanol–water partition coefficient (Wildman–Crippen LogP) is -4.20. The molecule has 0 fully saturated rings. The Bertz CT molecular complexity index is 269. The fraction of sp³-hybridized carbons (Fsp3) is 0.500. The van der Waals surface area contributed by atoms with Gasteiger partial charge < -0.3 is 21.6 Å². The molecule has 0 aliphatic rings. The maximum atomic E-state index is 10.4. The Hall–Kier alpha value is -0.0336. The van der Waals surface area contributed by atoms with E-state index < -0.39 is 36.4 Å². The third-order valence-corrected chi connectivity index (χ3v) is 1.38. The van der Waals surface area contributed by atoms with Crippen LogP contribution in [-0.4, -0.2) is 44.1 Å². The molecule has 0 rings (SSSR count). The number of aliphatic hydroxyl groups is 1. The molecule has 0 spiro atoms. The van der Waals surface area contributed by atoms with E-state index in [0.717, 1.165) is 0 Å². The molecule has 1 unspecified atom stereocenters. The minimum absolute atomic E-state index is 0. The third kappa shape index (κ3) is 6.20. The van der Waals surface area contributed by atoms with E-state index in [0.29, 0.717) is 0 Å². The van der Waals surface area contributed by atoms with Gasteiger partial charge in [0.05, 0.1) is 12.8 Å². The zero-order chi connectivity index (χ0) is 11.4. The molecule has 4 N–H and O–H groups in total. The largest absolute Gasteiger partial charge is 1.00 e. The van der Waals surface area contributed by atoms with Crippen LogP contribution in [0.2, 0.25) is 0 Å². The van der Waals surface area contributed by atoms with Crippen LogP contribution in [0.15, 0.2) is 0 Å². The first-order chi connectivity index (χ1) is 6.31. The third-order valence-electron chi connectivity index (χ3n) is 1.38. The van der Waals surface area contributed by atoms with Gasteiger partial charge in [-0.1, -0.05) is 0 Å². The Morgan fingerprint density at radius 1 is 1.20 bits per heavy atom. The van der Waals surface area contributed by atoms with Crippen molar-refractivity contribution in [1.82, 2.24) is 0 Å².